The molecule has 0 unspecified atom stereocenters. The lowest BCUT2D eigenvalue weighted by Crippen LogP contribution is -2.22. The van der Waals surface area contributed by atoms with Gasteiger partial charge in [-0.2, -0.15) is 0 Å². The van der Waals surface area contributed by atoms with Gasteiger partial charge < -0.3 is 35.3 Å². The number of amides is 3. The van der Waals surface area contributed by atoms with E-state index in [1.165, 1.54) is 30.4 Å². The van der Waals surface area contributed by atoms with Gasteiger partial charge in [0.1, 0.15) is 0 Å². The van der Waals surface area contributed by atoms with Gasteiger partial charge in [-0.25, -0.2) is 19.2 Å². The Balaban J connectivity index is -0.0000000787. The largest absolute Gasteiger partial charge is 0.478 e. The van der Waals surface area contributed by atoms with E-state index in [4.69, 9.17) is 9.84 Å². The monoisotopic (exact) mass is 899 g/mol. The van der Waals surface area contributed by atoms with Gasteiger partial charge in [0.05, 0.1) is 13.2 Å². The second-order valence-electron chi connectivity index (χ2n) is 11.8. The zero-order chi connectivity index (χ0) is 46.0. The van der Waals surface area contributed by atoms with E-state index in [9.17, 15) is 33.6 Å². The van der Waals surface area contributed by atoms with Crippen LogP contribution in [0.15, 0.2) is 79.9 Å². The van der Waals surface area contributed by atoms with Gasteiger partial charge in [0.2, 0.25) is 23.6 Å². The number of aliphatic imine (C=N–C) groups is 1. The zero-order valence-corrected chi connectivity index (χ0v) is 36.7. The lowest BCUT2D eigenvalue weighted by molar-refractivity contribution is -0.138. The molecule has 0 bridgehead atoms. The van der Waals surface area contributed by atoms with E-state index in [1.54, 1.807) is 6.08 Å². The van der Waals surface area contributed by atoms with Crippen LogP contribution < -0.4 is 16.0 Å². The van der Waals surface area contributed by atoms with Crippen molar-refractivity contribution in [2.45, 2.75) is 148 Å². The Morgan fingerprint density at radius 3 is 1.22 bits per heavy atom. The number of unbranched alkanes of at least 4 members (excludes halogenated alkanes) is 6. The number of ether oxygens (including phenoxy) is 3. The summed E-state index contributed by atoms with van der Waals surface area (Å²) >= 11 is 0. The van der Waals surface area contributed by atoms with Crippen LogP contribution in [-0.2, 0) is 47.8 Å². The number of aliphatic carboxylic acids is 1. The summed E-state index contributed by atoms with van der Waals surface area (Å²) in [5.74, 6) is -2.16. The van der Waals surface area contributed by atoms with Crippen LogP contribution in [0.5, 0.6) is 0 Å². The molecule has 1 heterocycles. The lowest BCUT2D eigenvalue weighted by Gasteiger charge is -1.97. The molecular weight excluding hydrogens is 809 g/mol. The fourth-order valence-corrected chi connectivity index (χ4v) is 3.01. The van der Waals surface area contributed by atoms with Crippen molar-refractivity contribution in [3.63, 3.8) is 0 Å². The summed E-state index contributed by atoms with van der Waals surface area (Å²) in [7, 11) is 0. The molecule has 0 aromatic carbocycles. The van der Waals surface area contributed by atoms with Gasteiger partial charge in [0.25, 0.3) is 0 Å². The highest BCUT2D eigenvalue weighted by atomic mass is 16.5. The molecule has 0 saturated carbocycles. The first-order valence-electron chi connectivity index (χ1n) is 20.2. The van der Waals surface area contributed by atoms with E-state index in [0.29, 0.717) is 25.7 Å². The SMILES string of the molecule is C.C.C.C.C=CC(=O)NCCCC.C=CC(=O)NCCCC.C=CC(=O)OCCCC.C=CC(=O)OCCCC.CCCCN=C1C=CC(=O)O1.CCCCNC(=O)/C=C\C(=O)O. The van der Waals surface area contributed by atoms with Crippen molar-refractivity contribution in [2.75, 3.05) is 39.4 Å². The molecule has 1 aliphatic heterocycles. The molecule has 0 spiro atoms. The number of cyclic esters (lactones) is 1. The standard InChI is InChI=1S/C8H13NO3.C8H11NO2.2C7H13NO.2C7H12O2.4CH4/c1-2-3-6-9-7(10)4-5-8(11)12;1-2-3-6-9-7-4-5-8(10)11-7;2*1-3-5-6-8-7(9)4-2;2*1-3-5-6-9-7(8)4-2;;;;/h4-5H,2-3,6H2,1H3,(H,9,10)(H,11,12);4-5H,2-3,6H2,1H3;2*4H,2-3,5-6H2,1H3,(H,8,9);2*4H,2-3,5-6H2,1H3;4*1H4/b5-4-;;;;;;;;;. The number of esters is 3. The number of carbonyl (C=O) groups is 7. The molecule has 1 aliphatic rings. The van der Waals surface area contributed by atoms with E-state index in [2.05, 4.69) is 77.5 Å². The highest BCUT2D eigenvalue weighted by molar-refractivity contribution is 6.07. The predicted octanol–water partition coefficient (Wildman–Crippen LogP) is 9.59. The first kappa shape index (κ1) is 77.9. The number of carboxylic acid groups (broad SMARTS) is 1. The number of nitrogens with zero attached hydrogens (tertiary/aromatic N) is 1. The molecule has 0 aliphatic carbocycles. The van der Waals surface area contributed by atoms with Gasteiger partial charge in [0, 0.05) is 62.6 Å². The van der Waals surface area contributed by atoms with Gasteiger partial charge in [-0.15, -0.1) is 0 Å². The summed E-state index contributed by atoms with van der Waals surface area (Å²) in [5.41, 5.74) is 0. The Labute approximate surface area is 383 Å². The van der Waals surface area contributed by atoms with Crippen LogP contribution in [0, 0.1) is 0 Å². The molecule has 4 N–H and O–H groups in total. The third kappa shape index (κ3) is 77.5. The van der Waals surface area contributed by atoms with Crippen LogP contribution in [0.2, 0.25) is 0 Å². The number of carboxylic acids is 1. The summed E-state index contributed by atoms with van der Waals surface area (Å²) in [4.78, 5) is 76.9. The number of rotatable bonds is 24. The first-order valence-corrected chi connectivity index (χ1v) is 20.2. The Hall–Kier alpha value is -5.60. The van der Waals surface area contributed by atoms with Gasteiger partial charge in [0.15, 0.2) is 0 Å². The highest BCUT2D eigenvalue weighted by Crippen LogP contribution is 1.99. The molecule has 15 heteroatoms. The summed E-state index contributed by atoms with van der Waals surface area (Å²) in [6, 6.07) is 0. The molecule has 0 fully saturated rings. The molecule has 0 aromatic heterocycles. The van der Waals surface area contributed by atoms with Crippen LogP contribution in [0.4, 0.5) is 0 Å². The van der Waals surface area contributed by atoms with E-state index < -0.39 is 5.97 Å². The highest BCUT2D eigenvalue weighted by Gasteiger charge is 2.09. The fraction of sp³-hybridized carbons (Fsp3) is 0.583. The molecule has 63 heavy (non-hydrogen) atoms. The maximum atomic E-state index is 10.8. The van der Waals surface area contributed by atoms with Crippen molar-refractivity contribution < 1.29 is 52.9 Å². The third-order valence-corrected chi connectivity index (χ3v) is 6.40. The van der Waals surface area contributed by atoms with Gasteiger partial charge >= 0.3 is 23.9 Å². The maximum Gasteiger partial charge on any atom is 0.337 e. The molecular formula is C48H90N4O11. The van der Waals surface area contributed by atoms with Gasteiger partial charge in [-0.3, -0.25) is 19.4 Å². The van der Waals surface area contributed by atoms with Gasteiger partial charge in [-0.05, 0) is 50.7 Å². The molecule has 0 saturated heterocycles. The number of hydrogen-bond donors (Lipinski definition) is 4. The molecule has 0 radical (unpaired) electrons. The van der Waals surface area contributed by atoms with E-state index in [1.807, 2.05) is 20.8 Å². The smallest absolute Gasteiger partial charge is 0.337 e. The summed E-state index contributed by atoms with van der Waals surface area (Å²) in [5, 5.41) is 16.1. The average Bonchev–Trinajstić information content (AvgIpc) is 3.65. The van der Waals surface area contributed by atoms with Crippen molar-refractivity contribution in [2.24, 2.45) is 4.99 Å². The number of carbonyl (C=O) groups excluding carboxylic acids is 6. The fourth-order valence-electron chi connectivity index (χ4n) is 3.01. The quantitative estimate of drug-likeness (QED) is 0.0310. The molecule has 1 rings (SSSR count). The second kappa shape index (κ2) is 65.5. The van der Waals surface area contributed by atoms with E-state index >= 15 is 0 Å². The van der Waals surface area contributed by atoms with Crippen molar-refractivity contribution in [3.05, 3.63) is 74.9 Å². The Morgan fingerprint density at radius 2 is 0.937 bits per heavy atom. The minimum Gasteiger partial charge on any atom is -0.478 e. The van der Waals surface area contributed by atoms with E-state index in [0.717, 1.165) is 109 Å². The topological polar surface area (TPSA) is 216 Å². The number of nitrogens with one attached hydrogen (secondary N) is 3. The first-order chi connectivity index (χ1) is 28.2. The van der Waals surface area contributed by atoms with Crippen molar-refractivity contribution >= 4 is 47.5 Å². The molecule has 0 atom stereocenters. The molecule has 15 nitrogen and oxygen atoms in total. The van der Waals surface area contributed by atoms with Crippen molar-refractivity contribution in [1.82, 2.24) is 16.0 Å². The molecule has 3 amide bonds. The van der Waals surface area contributed by atoms with E-state index in [-0.39, 0.29) is 65.3 Å². The summed E-state index contributed by atoms with van der Waals surface area (Å²) in [6.45, 7) is 29.4. The van der Waals surface area contributed by atoms with Crippen molar-refractivity contribution in [3.8, 4) is 0 Å². The summed E-state index contributed by atoms with van der Waals surface area (Å²) < 4.78 is 14.1. The minimum atomic E-state index is -1.11. The van der Waals surface area contributed by atoms with Crippen LogP contribution in [0.25, 0.3) is 0 Å². The third-order valence-electron chi connectivity index (χ3n) is 6.40. The van der Waals surface area contributed by atoms with Crippen molar-refractivity contribution in [1.29, 1.82) is 0 Å². The Kier molecular flexibility index (Phi) is 81.1. The predicted molar refractivity (Wildman–Crippen MR) is 262 cm³/mol. The summed E-state index contributed by atoms with van der Waals surface area (Å²) in [6.07, 6.45) is 22.0. The van der Waals surface area contributed by atoms with Crippen LogP contribution in [0.1, 0.15) is 148 Å². The lowest BCUT2D eigenvalue weighted by atomic mass is 10.3. The molecule has 368 valence electrons. The number of hydrogen-bond acceptors (Lipinski definition) is 11. The van der Waals surface area contributed by atoms with Crippen LogP contribution in [0.3, 0.4) is 0 Å². The minimum absolute atomic E-state index is 0. The Bertz CT molecular complexity index is 1170. The normalized spacial score (nSPS) is 10.2. The second-order valence-corrected chi connectivity index (χ2v) is 11.8. The van der Waals surface area contributed by atoms with Crippen LogP contribution in [-0.4, -0.2) is 92.0 Å². The zero-order valence-electron chi connectivity index (χ0n) is 36.7. The van der Waals surface area contributed by atoms with Crippen LogP contribution >= 0.6 is 0 Å². The average molecular weight is 899 g/mol. The maximum absolute atomic E-state index is 10.8. The molecule has 0 aromatic rings. The van der Waals surface area contributed by atoms with Gasteiger partial charge in [-0.1, -0.05) is 136 Å². The Morgan fingerprint density at radius 1 is 0.571 bits per heavy atom.